The summed E-state index contributed by atoms with van der Waals surface area (Å²) in [6, 6.07) is 9.51. The van der Waals surface area contributed by atoms with Crippen LogP contribution < -0.4 is 5.73 Å². The first kappa shape index (κ1) is 9.22. The predicted molar refractivity (Wildman–Crippen MR) is 54.0 cm³/mol. The molecule has 12 heavy (non-hydrogen) atoms. The molecule has 4 heteroatoms. The van der Waals surface area contributed by atoms with Crippen molar-refractivity contribution < 1.29 is 4.79 Å². The van der Waals surface area contributed by atoms with Gasteiger partial charge in [-0.15, -0.1) is 0 Å². The molecule has 0 spiro atoms. The molecule has 0 bridgehead atoms. The summed E-state index contributed by atoms with van der Waals surface area (Å²) >= 11 is 5.45. The summed E-state index contributed by atoms with van der Waals surface area (Å²) in [6.07, 6.45) is 0. The third-order valence-corrected chi connectivity index (χ3v) is 2.02. The highest BCUT2D eigenvalue weighted by molar-refractivity contribution is 8.33. The molecule has 2 N–H and O–H groups in total. The zero-order valence-corrected chi connectivity index (χ0v) is 7.74. The Morgan fingerprint density at radius 3 is 2.58 bits per heavy atom. The number of carbonyl (C=O) groups excluding carboxylic acids is 1. The van der Waals surface area contributed by atoms with Crippen LogP contribution in [0.5, 0.6) is 0 Å². The van der Waals surface area contributed by atoms with Crippen molar-refractivity contribution >= 4 is 33.4 Å². The first-order valence-corrected chi connectivity index (χ1v) is 4.40. The van der Waals surface area contributed by atoms with Gasteiger partial charge in [0.25, 0.3) is 0 Å². The first-order chi connectivity index (χ1) is 5.70. The largest absolute Gasteiger partial charge is 0.384 e. The fraction of sp³-hybridized carbons (Fsp3) is 0. The minimum atomic E-state index is -0.128. The van der Waals surface area contributed by atoms with Gasteiger partial charge in [0, 0.05) is 5.56 Å². The Bertz CT molecular complexity index is 297. The molecule has 0 unspecified atom stereocenters. The molecule has 0 saturated heterocycles. The molecular weight excluding hydrogens is 190 g/mol. The van der Waals surface area contributed by atoms with E-state index >= 15 is 0 Å². The summed E-state index contributed by atoms with van der Waals surface area (Å²) in [5.74, 6) is 0. The smallest absolute Gasteiger partial charge is 0.226 e. The van der Waals surface area contributed by atoms with E-state index in [9.17, 15) is 4.79 Å². The van der Waals surface area contributed by atoms with Gasteiger partial charge in [-0.1, -0.05) is 24.4 Å². The maximum Gasteiger partial charge on any atom is 0.226 e. The Kier molecular flexibility index (Phi) is 3.25. The third-order valence-electron chi connectivity index (χ3n) is 1.15. The van der Waals surface area contributed by atoms with Gasteiger partial charge >= 0.3 is 0 Å². The number of hydrogen-bond donors (Lipinski definition) is 1. The van der Waals surface area contributed by atoms with Crippen molar-refractivity contribution in [1.82, 2.24) is 0 Å². The van der Waals surface area contributed by atoms with Crippen molar-refractivity contribution in [3.63, 3.8) is 0 Å². The summed E-state index contributed by atoms with van der Waals surface area (Å²) in [5, 5.41) is -0.128. The Morgan fingerprint density at radius 1 is 1.50 bits per heavy atom. The van der Waals surface area contributed by atoms with Crippen molar-refractivity contribution in [3.05, 3.63) is 35.9 Å². The highest BCUT2D eigenvalue weighted by atomic mass is 32.2. The Labute approximate surface area is 80.1 Å². The van der Waals surface area contributed by atoms with Crippen molar-refractivity contribution in [2.24, 2.45) is 5.73 Å². The van der Waals surface area contributed by atoms with Crippen LogP contribution in [-0.4, -0.2) is 9.44 Å². The Hall–Kier alpha value is -0.870. The molecule has 0 amide bonds. The fourth-order valence-corrected chi connectivity index (χ4v) is 1.34. The van der Waals surface area contributed by atoms with Crippen LogP contribution >= 0.6 is 24.0 Å². The van der Waals surface area contributed by atoms with Gasteiger partial charge in [0.2, 0.25) is 5.12 Å². The zero-order chi connectivity index (χ0) is 8.97. The number of thioether (sulfide) groups is 1. The normalized spacial score (nSPS) is 9.33. The molecule has 0 aromatic heterocycles. The lowest BCUT2D eigenvalue weighted by atomic mass is 10.2. The molecular formula is C8H6NOS2. The highest BCUT2D eigenvalue weighted by Crippen LogP contribution is 2.11. The molecule has 0 atom stereocenters. The molecule has 1 aromatic carbocycles. The Balaban J connectivity index is 2.73. The van der Waals surface area contributed by atoms with Gasteiger partial charge in [-0.2, -0.15) is 0 Å². The second-order valence-corrected chi connectivity index (χ2v) is 3.71. The predicted octanol–water partition coefficient (Wildman–Crippen LogP) is 1.60. The van der Waals surface area contributed by atoms with Gasteiger partial charge in [0.15, 0.2) is 0 Å². The average molecular weight is 196 g/mol. The maximum absolute atomic E-state index is 11.2. The van der Waals surface area contributed by atoms with Crippen LogP contribution in [0.15, 0.2) is 24.3 Å². The Morgan fingerprint density at radius 2 is 2.08 bits per heavy atom. The molecule has 0 aliphatic carbocycles. The van der Waals surface area contributed by atoms with E-state index in [2.05, 4.69) is 18.3 Å². The van der Waals surface area contributed by atoms with Gasteiger partial charge in [-0.3, -0.25) is 4.79 Å². The van der Waals surface area contributed by atoms with Crippen LogP contribution in [0.25, 0.3) is 0 Å². The first-order valence-electron chi connectivity index (χ1n) is 3.18. The molecule has 1 radical (unpaired) electrons. The van der Waals surface area contributed by atoms with Gasteiger partial charge in [-0.25, -0.2) is 0 Å². The SMILES string of the molecule is NC(=S)SC(=O)c1cc[c]cc1. The molecule has 0 fully saturated rings. The monoisotopic (exact) mass is 196 g/mol. The number of carbonyl (C=O) groups is 1. The van der Waals surface area contributed by atoms with Gasteiger partial charge in [0.05, 0.1) is 0 Å². The number of rotatable bonds is 1. The molecule has 61 valence electrons. The maximum atomic E-state index is 11.2. The lowest BCUT2D eigenvalue weighted by Gasteiger charge is -1.96. The van der Waals surface area contributed by atoms with Crippen molar-refractivity contribution in [2.45, 2.75) is 0 Å². The molecule has 2 nitrogen and oxygen atoms in total. The van der Waals surface area contributed by atoms with E-state index in [-0.39, 0.29) is 9.44 Å². The van der Waals surface area contributed by atoms with E-state index in [4.69, 9.17) is 5.73 Å². The molecule has 0 heterocycles. The molecule has 0 aliphatic heterocycles. The summed E-state index contributed by atoms with van der Waals surface area (Å²) in [7, 11) is 0. The summed E-state index contributed by atoms with van der Waals surface area (Å²) in [6.45, 7) is 0. The number of thiocarbonyl (C=S) groups is 1. The van der Waals surface area contributed by atoms with Crippen LogP contribution in [0.2, 0.25) is 0 Å². The van der Waals surface area contributed by atoms with Crippen molar-refractivity contribution in [3.8, 4) is 0 Å². The molecule has 0 saturated carbocycles. The van der Waals surface area contributed by atoms with E-state index < -0.39 is 0 Å². The lowest BCUT2D eigenvalue weighted by Crippen LogP contribution is -2.06. The number of hydrogen-bond acceptors (Lipinski definition) is 3. The van der Waals surface area contributed by atoms with E-state index in [1.54, 1.807) is 24.3 Å². The van der Waals surface area contributed by atoms with Gasteiger partial charge in [-0.05, 0) is 30.0 Å². The van der Waals surface area contributed by atoms with Gasteiger partial charge < -0.3 is 5.73 Å². The average Bonchev–Trinajstić information content (AvgIpc) is 2.05. The van der Waals surface area contributed by atoms with Crippen molar-refractivity contribution in [2.75, 3.05) is 0 Å². The topological polar surface area (TPSA) is 43.1 Å². The summed E-state index contributed by atoms with van der Waals surface area (Å²) in [4.78, 5) is 11.2. The molecule has 1 aromatic rings. The standard InChI is InChI=1S/C8H6NOS2/c9-8(11)12-7(10)6-4-2-1-3-5-6/h2-5H,(H2,9,11). The van der Waals surface area contributed by atoms with E-state index in [0.29, 0.717) is 5.56 Å². The number of nitrogens with two attached hydrogens (primary N) is 1. The quantitative estimate of drug-likeness (QED) is 0.693. The van der Waals surface area contributed by atoms with E-state index in [1.807, 2.05) is 0 Å². The van der Waals surface area contributed by atoms with Gasteiger partial charge in [0.1, 0.15) is 4.32 Å². The van der Waals surface area contributed by atoms with E-state index in [1.165, 1.54) is 0 Å². The lowest BCUT2D eigenvalue weighted by molar-refractivity contribution is 0.109. The third kappa shape index (κ3) is 2.64. The zero-order valence-electron chi connectivity index (χ0n) is 6.11. The number of benzene rings is 1. The fourth-order valence-electron chi connectivity index (χ4n) is 0.673. The minimum Gasteiger partial charge on any atom is -0.384 e. The second-order valence-electron chi connectivity index (χ2n) is 2.00. The minimum absolute atomic E-state index is 0.128. The molecule has 0 aliphatic rings. The summed E-state index contributed by atoms with van der Waals surface area (Å²) in [5.41, 5.74) is 5.79. The highest BCUT2D eigenvalue weighted by Gasteiger charge is 2.06. The van der Waals surface area contributed by atoms with Crippen LogP contribution in [0.4, 0.5) is 0 Å². The molecule has 1 rings (SSSR count). The van der Waals surface area contributed by atoms with Crippen LogP contribution in [-0.2, 0) is 0 Å². The van der Waals surface area contributed by atoms with Crippen LogP contribution in [0.1, 0.15) is 10.4 Å². The second kappa shape index (κ2) is 4.23. The summed E-state index contributed by atoms with van der Waals surface area (Å²) < 4.78 is 0.146. The van der Waals surface area contributed by atoms with Crippen molar-refractivity contribution in [1.29, 1.82) is 0 Å². The van der Waals surface area contributed by atoms with E-state index in [0.717, 1.165) is 11.8 Å². The van der Waals surface area contributed by atoms with Crippen LogP contribution in [0.3, 0.4) is 0 Å². The van der Waals surface area contributed by atoms with Crippen LogP contribution in [0, 0.1) is 6.07 Å².